The highest BCUT2D eigenvalue weighted by atomic mass is 16.5. The van der Waals surface area contributed by atoms with Crippen LogP contribution in [0.4, 0.5) is 0 Å². The number of guanidine groups is 1. The van der Waals surface area contributed by atoms with E-state index in [2.05, 4.69) is 33.8 Å². The molecule has 2 heterocycles. The van der Waals surface area contributed by atoms with Gasteiger partial charge in [-0.15, -0.1) is 0 Å². The smallest absolute Gasteiger partial charge is 0.191 e. The summed E-state index contributed by atoms with van der Waals surface area (Å²) in [6, 6.07) is 8.33. The predicted octanol–water partition coefficient (Wildman–Crippen LogP) is 1.49. The van der Waals surface area contributed by atoms with Crippen LogP contribution in [0.1, 0.15) is 24.3 Å². The molecule has 1 aromatic rings. The van der Waals surface area contributed by atoms with Gasteiger partial charge < -0.3 is 15.4 Å². The first-order valence-electron chi connectivity index (χ1n) is 6.67. The topological polar surface area (TPSA) is 45.6 Å². The number of rotatable bonds is 2. The molecular formula is C14H19N3O. The molecule has 0 amide bonds. The third-order valence-electron chi connectivity index (χ3n) is 3.50. The van der Waals surface area contributed by atoms with Crippen molar-refractivity contribution in [2.45, 2.75) is 18.8 Å². The normalized spacial score (nSPS) is 22.2. The number of aliphatic imine (C=N–C) groups is 1. The van der Waals surface area contributed by atoms with Gasteiger partial charge in [0.05, 0.1) is 6.61 Å². The van der Waals surface area contributed by atoms with E-state index in [4.69, 9.17) is 4.74 Å². The molecule has 0 saturated heterocycles. The minimum Gasteiger partial charge on any atom is -0.493 e. The van der Waals surface area contributed by atoms with Gasteiger partial charge in [-0.2, -0.15) is 0 Å². The maximum atomic E-state index is 5.67. The highest BCUT2D eigenvalue weighted by Crippen LogP contribution is 2.32. The van der Waals surface area contributed by atoms with Crippen LogP contribution in [-0.4, -0.2) is 32.2 Å². The molecule has 0 spiro atoms. The van der Waals surface area contributed by atoms with Crippen molar-refractivity contribution in [3.63, 3.8) is 0 Å². The zero-order valence-electron chi connectivity index (χ0n) is 10.5. The summed E-state index contributed by atoms with van der Waals surface area (Å²) < 4.78 is 5.67. The second-order valence-corrected chi connectivity index (χ2v) is 4.76. The zero-order valence-corrected chi connectivity index (χ0v) is 10.5. The van der Waals surface area contributed by atoms with E-state index in [1.807, 2.05) is 6.07 Å². The van der Waals surface area contributed by atoms with Crippen molar-refractivity contribution in [2.75, 3.05) is 26.2 Å². The molecule has 0 aromatic heterocycles. The number of nitrogens with one attached hydrogen (secondary N) is 2. The zero-order chi connectivity index (χ0) is 12.2. The molecule has 2 aliphatic heterocycles. The molecule has 96 valence electrons. The van der Waals surface area contributed by atoms with Gasteiger partial charge in [0.25, 0.3) is 0 Å². The molecule has 1 unspecified atom stereocenters. The summed E-state index contributed by atoms with van der Waals surface area (Å²) in [7, 11) is 0. The van der Waals surface area contributed by atoms with Crippen LogP contribution < -0.4 is 15.4 Å². The van der Waals surface area contributed by atoms with E-state index in [-0.39, 0.29) is 0 Å². The summed E-state index contributed by atoms with van der Waals surface area (Å²) in [6.45, 7) is 3.69. The Bertz CT molecular complexity index is 444. The molecule has 1 aromatic carbocycles. The fourth-order valence-electron chi connectivity index (χ4n) is 2.50. The van der Waals surface area contributed by atoms with E-state index in [9.17, 15) is 0 Å². The average Bonchev–Trinajstić information content (AvgIpc) is 2.46. The molecule has 0 radical (unpaired) electrons. The summed E-state index contributed by atoms with van der Waals surface area (Å²) in [6.07, 6.45) is 2.20. The van der Waals surface area contributed by atoms with Crippen LogP contribution in [0.5, 0.6) is 5.75 Å². The molecule has 0 fully saturated rings. The van der Waals surface area contributed by atoms with E-state index in [0.717, 1.165) is 50.8 Å². The van der Waals surface area contributed by atoms with E-state index >= 15 is 0 Å². The van der Waals surface area contributed by atoms with Gasteiger partial charge in [0.15, 0.2) is 5.96 Å². The lowest BCUT2D eigenvalue weighted by molar-refractivity contribution is 0.267. The van der Waals surface area contributed by atoms with Gasteiger partial charge in [0.2, 0.25) is 0 Å². The monoisotopic (exact) mass is 245 g/mol. The number of fused-ring (bicyclic) bond motifs is 1. The minimum absolute atomic E-state index is 0.515. The van der Waals surface area contributed by atoms with Crippen LogP contribution in [0.3, 0.4) is 0 Å². The van der Waals surface area contributed by atoms with Gasteiger partial charge in [-0.1, -0.05) is 18.2 Å². The maximum Gasteiger partial charge on any atom is 0.191 e. The van der Waals surface area contributed by atoms with Gasteiger partial charge in [-0.3, -0.25) is 4.99 Å². The van der Waals surface area contributed by atoms with Crippen LogP contribution in [0, 0.1) is 0 Å². The summed E-state index contributed by atoms with van der Waals surface area (Å²) in [5, 5.41) is 6.71. The Kier molecular flexibility index (Phi) is 3.35. The third kappa shape index (κ3) is 2.42. The average molecular weight is 245 g/mol. The number of benzene rings is 1. The van der Waals surface area contributed by atoms with E-state index in [1.165, 1.54) is 5.56 Å². The predicted molar refractivity (Wildman–Crippen MR) is 72.2 cm³/mol. The molecule has 0 saturated carbocycles. The van der Waals surface area contributed by atoms with Crippen LogP contribution in [0.25, 0.3) is 0 Å². The third-order valence-corrected chi connectivity index (χ3v) is 3.50. The molecule has 3 rings (SSSR count). The van der Waals surface area contributed by atoms with Gasteiger partial charge in [0.1, 0.15) is 5.75 Å². The highest BCUT2D eigenvalue weighted by molar-refractivity contribution is 5.80. The fraction of sp³-hybridized carbons (Fsp3) is 0.500. The van der Waals surface area contributed by atoms with Crippen LogP contribution >= 0.6 is 0 Å². The lowest BCUT2D eigenvalue weighted by atomic mass is 9.93. The van der Waals surface area contributed by atoms with E-state index in [1.54, 1.807) is 0 Å². The lowest BCUT2D eigenvalue weighted by Crippen LogP contribution is -2.42. The second kappa shape index (κ2) is 5.29. The molecule has 2 aliphatic rings. The van der Waals surface area contributed by atoms with Gasteiger partial charge >= 0.3 is 0 Å². The highest BCUT2D eigenvalue weighted by Gasteiger charge is 2.21. The van der Waals surface area contributed by atoms with E-state index in [0.29, 0.717) is 5.92 Å². The summed E-state index contributed by atoms with van der Waals surface area (Å²) in [5.74, 6) is 2.50. The van der Waals surface area contributed by atoms with Crippen LogP contribution in [-0.2, 0) is 0 Å². The van der Waals surface area contributed by atoms with Crippen molar-refractivity contribution in [2.24, 2.45) is 4.99 Å². The van der Waals surface area contributed by atoms with Crippen molar-refractivity contribution < 1.29 is 4.74 Å². The van der Waals surface area contributed by atoms with Crippen LogP contribution in [0.2, 0.25) is 0 Å². The Labute approximate surface area is 107 Å². The minimum atomic E-state index is 0.515. The molecular weight excluding hydrogens is 226 g/mol. The SMILES string of the molecule is c1ccc2c(c1)OCCC2CNC1=NCCCN1. The molecule has 0 aliphatic carbocycles. The quantitative estimate of drug-likeness (QED) is 0.830. The first-order chi connectivity index (χ1) is 8.93. The Hall–Kier alpha value is -1.71. The van der Waals surface area contributed by atoms with Crippen molar-refractivity contribution in [3.8, 4) is 5.75 Å². The Morgan fingerprint density at radius 1 is 1.39 bits per heavy atom. The van der Waals surface area contributed by atoms with Gasteiger partial charge in [-0.25, -0.2) is 0 Å². The number of hydrogen-bond donors (Lipinski definition) is 2. The molecule has 4 heteroatoms. The lowest BCUT2D eigenvalue weighted by Gasteiger charge is -2.27. The van der Waals surface area contributed by atoms with Gasteiger partial charge in [0, 0.05) is 25.6 Å². The van der Waals surface area contributed by atoms with Crippen molar-refractivity contribution in [3.05, 3.63) is 29.8 Å². The summed E-state index contributed by atoms with van der Waals surface area (Å²) in [4.78, 5) is 4.43. The van der Waals surface area contributed by atoms with Gasteiger partial charge in [-0.05, 0) is 24.5 Å². The molecule has 1 atom stereocenters. The largest absolute Gasteiger partial charge is 0.493 e. The number of hydrogen-bond acceptors (Lipinski definition) is 4. The van der Waals surface area contributed by atoms with Crippen molar-refractivity contribution in [1.29, 1.82) is 0 Å². The first-order valence-corrected chi connectivity index (χ1v) is 6.67. The Morgan fingerprint density at radius 2 is 2.33 bits per heavy atom. The number of para-hydroxylation sites is 1. The molecule has 18 heavy (non-hydrogen) atoms. The second-order valence-electron chi connectivity index (χ2n) is 4.76. The Balaban J connectivity index is 1.65. The number of nitrogens with zero attached hydrogens (tertiary/aromatic N) is 1. The maximum absolute atomic E-state index is 5.67. The summed E-state index contributed by atoms with van der Waals surface area (Å²) in [5.41, 5.74) is 1.31. The fourth-order valence-corrected chi connectivity index (χ4v) is 2.50. The van der Waals surface area contributed by atoms with Crippen molar-refractivity contribution in [1.82, 2.24) is 10.6 Å². The first kappa shape index (κ1) is 11.4. The van der Waals surface area contributed by atoms with Crippen LogP contribution in [0.15, 0.2) is 29.3 Å². The molecule has 2 N–H and O–H groups in total. The standard InChI is InChI=1S/C14H19N3O/c1-2-5-13-12(4-1)11(6-9-18-13)10-17-14-15-7-3-8-16-14/h1-2,4-5,11H,3,6-10H2,(H2,15,16,17). The van der Waals surface area contributed by atoms with E-state index < -0.39 is 0 Å². The number of ether oxygens (including phenoxy) is 1. The molecule has 0 bridgehead atoms. The Morgan fingerprint density at radius 3 is 3.22 bits per heavy atom. The molecule has 4 nitrogen and oxygen atoms in total. The summed E-state index contributed by atoms with van der Waals surface area (Å²) >= 11 is 0. The van der Waals surface area contributed by atoms with Crippen molar-refractivity contribution >= 4 is 5.96 Å².